The van der Waals surface area contributed by atoms with Crippen molar-refractivity contribution in [1.29, 1.82) is 0 Å². The molecular weight excluding hydrogens is 604 g/mol. The Morgan fingerprint density at radius 2 is 0.896 bits per heavy atom. The second-order valence-electron chi connectivity index (χ2n) is 13.3. The van der Waals surface area contributed by atoms with Gasteiger partial charge in [0.25, 0.3) is 0 Å². The fourth-order valence-corrected chi connectivity index (χ4v) is 5.25. The molecule has 8 heteroatoms. The molecule has 280 valence electrons. The van der Waals surface area contributed by atoms with E-state index in [-0.39, 0.29) is 24.5 Å². The Kier molecular flexibility index (Phi) is 34.5. The molecule has 0 aromatic rings. The minimum Gasteiger partial charge on any atom is -0.465 e. The molecule has 0 aliphatic heterocycles. The van der Waals surface area contributed by atoms with Crippen LogP contribution in [0.15, 0.2) is 24.3 Å². The monoisotopic (exact) mass is 679 g/mol. The second-order valence-corrected chi connectivity index (χ2v) is 13.3. The van der Waals surface area contributed by atoms with E-state index in [4.69, 9.17) is 14.2 Å². The Morgan fingerprint density at radius 3 is 1.29 bits per heavy atom. The molecule has 48 heavy (non-hydrogen) atoms. The first-order chi connectivity index (χ1) is 23.4. The van der Waals surface area contributed by atoms with Crippen molar-refractivity contribution >= 4 is 17.8 Å². The van der Waals surface area contributed by atoms with Crippen LogP contribution in [0.5, 0.6) is 0 Å². The number of carbonyl (C=O) groups is 3. The molecule has 0 bridgehead atoms. The summed E-state index contributed by atoms with van der Waals surface area (Å²) in [6.45, 7) is 8.30. The average Bonchev–Trinajstić information content (AvgIpc) is 3.07. The van der Waals surface area contributed by atoms with Crippen LogP contribution in [-0.4, -0.2) is 87.8 Å². The van der Waals surface area contributed by atoms with Gasteiger partial charge in [0.15, 0.2) is 0 Å². The van der Waals surface area contributed by atoms with Gasteiger partial charge < -0.3 is 24.0 Å². The Balaban J connectivity index is 4.01. The summed E-state index contributed by atoms with van der Waals surface area (Å²) < 4.78 is 15.8. The van der Waals surface area contributed by atoms with Gasteiger partial charge >= 0.3 is 11.9 Å². The molecule has 0 aromatic heterocycles. The van der Waals surface area contributed by atoms with Gasteiger partial charge in [0.05, 0.1) is 32.7 Å². The van der Waals surface area contributed by atoms with Crippen LogP contribution in [0, 0.1) is 0 Å². The number of esters is 2. The minimum absolute atomic E-state index is 0.131. The number of ether oxygens (including phenoxy) is 3. The SMILES string of the molecule is CCCOC(=O)C/C=C\CCCCCCCCCCN(CCCCCCCCCC/C=C\CC(=O)OCCC)C(=O)COCCN(C)C. The molecule has 0 atom stereocenters. The Bertz CT molecular complexity index is 762. The van der Waals surface area contributed by atoms with Crippen molar-refractivity contribution in [3.8, 4) is 0 Å². The van der Waals surface area contributed by atoms with E-state index in [1.54, 1.807) is 0 Å². The smallest absolute Gasteiger partial charge is 0.309 e. The summed E-state index contributed by atoms with van der Waals surface area (Å²) in [4.78, 5) is 40.0. The van der Waals surface area contributed by atoms with E-state index < -0.39 is 0 Å². The van der Waals surface area contributed by atoms with Crippen LogP contribution in [0.1, 0.15) is 155 Å². The van der Waals surface area contributed by atoms with Crippen molar-refractivity contribution in [2.45, 2.75) is 155 Å². The number of amides is 1. The third kappa shape index (κ3) is 33.7. The molecule has 0 unspecified atom stereocenters. The quantitative estimate of drug-likeness (QED) is 0.0375. The lowest BCUT2D eigenvalue weighted by Crippen LogP contribution is -2.36. The molecule has 0 radical (unpaired) electrons. The predicted octanol–water partition coefficient (Wildman–Crippen LogP) is 9.21. The highest BCUT2D eigenvalue weighted by atomic mass is 16.5. The van der Waals surface area contributed by atoms with Gasteiger partial charge in [0.1, 0.15) is 6.61 Å². The highest BCUT2D eigenvalue weighted by Gasteiger charge is 2.13. The number of rotatable bonds is 35. The predicted molar refractivity (Wildman–Crippen MR) is 199 cm³/mol. The lowest BCUT2D eigenvalue weighted by Gasteiger charge is -2.23. The summed E-state index contributed by atoms with van der Waals surface area (Å²) in [7, 11) is 4.03. The number of nitrogens with zero attached hydrogens (tertiary/aromatic N) is 2. The van der Waals surface area contributed by atoms with Gasteiger partial charge in [-0.05, 0) is 65.5 Å². The van der Waals surface area contributed by atoms with E-state index in [0.717, 1.165) is 58.2 Å². The van der Waals surface area contributed by atoms with Crippen LogP contribution in [0.25, 0.3) is 0 Å². The molecule has 0 fully saturated rings. The zero-order chi connectivity index (χ0) is 35.3. The number of unbranched alkanes of at least 4 members (excludes halogenated alkanes) is 16. The molecule has 0 spiro atoms. The molecule has 0 aromatic carbocycles. The van der Waals surface area contributed by atoms with Gasteiger partial charge in [0.2, 0.25) is 5.91 Å². The number of likely N-dealkylation sites (N-methyl/N-ethyl adjacent to an activating group) is 1. The van der Waals surface area contributed by atoms with Gasteiger partial charge in [-0.25, -0.2) is 0 Å². The average molecular weight is 679 g/mol. The van der Waals surface area contributed by atoms with Crippen molar-refractivity contribution in [3.05, 3.63) is 24.3 Å². The fraction of sp³-hybridized carbons (Fsp3) is 0.825. The molecule has 0 aliphatic carbocycles. The largest absolute Gasteiger partial charge is 0.465 e. The zero-order valence-electron chi connectivity index (χ0n) is 31.7. The normalized spacial score (nSPS) is 11.6. The van der Waals surface area contributed by atoms with Gasteiger partial charge in [-0.15, -0.1) is 0 Å². The van der Waals surface area contributed by atoms with E-state index in [9.17, 15) is 14.4 Å². The van der Waals surface area contributed by atoms with Crippen LogP contribution in [0.3, 0.4) is 0 Å². The molecule has 0 heterocycles. The standard InChI is InChI=1S/C40H74N2O6/c1-5-34-47-39(44)29-25-21-17-13-9-7-11-15-19-23-27-31-42(38(43)37-46-36-33-41(3)4)32-28-24-20-16-12-8-10-14-18-22-26-30-40(45)48-35-6-2/h21-22,25-26H,5-20,23-24,27-37H2,1-4H3/b25-21-,26-22-. The molecule has 0 rings (SSSR count). The van der Waals surface area contributed by atoms with E-state index >= 15 is 0 Å². The summed E-state index contributed by atoms with van der Waals surface area (Å²) in [6.07, 6.45) is 32.0. The molecule has 0 aliphatic rings. The topological polar surface area (TPSA) is 85.4 Å². The van der Waals surface area contributed by atoms with Crippen molar-refractivity contribution < 1.29 is 28.6 Å². The third-order valence-corrected chi connectivity index (χ3v) is 8.20. The summed E-state index contributed by atoms with van der Waals surface area (Å²) in [5.41, 5.74) is 0. The van der Waals surface area contributed by atoms with Crippen LogP contribution in [0.2, 0.25) is 0 Å². The number of carbonyl (C=O) groups excluding carboxylic acids is 3. The van der Waals surface area contributed by atoms with E-state index in [0.29, 0.717) is 32.7 Å². The number of allylic oxidation sites excluding steroid dienone is 2. The first kappa shape index (κ1) is 45.8. The zero-order valence-corrected chi connectivity index (χ0v) is 31.7. The second kappa shape index (κ2) is 36.1. The number of hydrogen-bond acceptors (Lipinski definition) is 7. The van der Waals surface area contributed by atoms with Crippen LogP contribution in [0.4, 0.5) is 0 Å². The first-order valence-corrected chi connectivity index (χ1v) is 19.5. The molecule has 1 amide bonds. The summed E-state index contributed by atoms with van der Waals surface area (Å²) in [5, 5.41) is 0. The maximum atomic E-state index is 12.9. The minimum atomic E-state index is -0.131. The summed E-state index contributed by atoms with van der Waals surface area (Å²) >= 11 is 0. The van der Waals surface area contributed by atoms with Gasteiger partial charge in [-0.3, -0.25) is 14.4 Å². The number of hydrogen-bond donors (Lipinski definition) is 0. The Morgan fingerprint density at radius 1 is 0.500 bits per heavy atom. The summed E-state index contributed by atoms with van der Waals surface area (Å²) in [5.74, 6) is -0.130. The van der Waals surface area contributed by atoms with Crippen LogP contribution < -0.4 is 0 Å². The van der Waals surface area contributed by atoms with E-state index in [2.05, 4.69) is 17.1 Å². The fourth-order valence-electron chi connectivity index (χ4n) is 5.25. The maximum Gasteiger partial charge on any atom is 0.309 e. The highest BCUT2D eigenvalue weighted by Crippen LogP contribution is 2.13. The lowest BCUT2D eigenvalue weighted by molar-refractivity contribution is -0.143. The van der Waals surface area contributed by atoms with E-state index in [1.807, 2.05) is 45.0 Å². The van der Waals surface area contributed by atoms with Gasteiger partial charge in [-0.2, -0.15) is 0 Å². The van der Waals surface area contributed by atoms with Crippen molar-refractivity contribution in [2.75, 3.05) is 60.2 Å². The van der Waals surface area contributed by atoms with Crippen molar-refractivity contribution in [3.63, 3.8) is 0 Å². The lowest BCUT2D eigenvalue weighted by atomic mass is 10.1. The van der Waals surface area contributed by atoms with Crippen molar-refractivity contribution in [1.82, 2.24) is 9.80 Å². The Hall–Kier alpha value is -2.19. The van der Waals surface area contributed by atoms with E-state index in [1.165, 1.54) is 89.9 Å². The van der Waals surface area contributed by atoms with Crippen LogP contribution in [-0.2, 0) is 28.6 Å². The molecular formula is C40H74N2O6. The Labute approximate surface area is 295 Å². The van der Waals surface area contributed by atoms with Gasteiger partial charge in [-0.1, -0.05) is 115 Å². The molecule has 0 N–H and O–H groups in total. The highest BCUT2D eigenvalue weighted by molar-refractivity contribution is 5.77. The molecule has 0 saturated heterocycles. The molecule has 0 saturated carbocycles. The molecule has 8 nitrogen and oxygen atoms in total. The van der Waals surface area contributed by atoms with Crippen molar-refractivity contribution in [2.24, 2.45) is 0 Å². The van der Waals surface area contributed by atoms with Gasteiger partial charge in [0, 0.05) is 19.6 Å². The third-order valence-electron chi connectivity index (χ3n) is 8.20. The first-order valence-electron chi connectivity index (χ1n) is 19.5. The summed E-state index contributed by atoms with van der Waals surface area (Å²) in [6, 6.07) is 0. The maximum absolute atomic E-state index is 12.9. The van der Waals surface area contributed by atoms with Crippen LogP contribution >= 0.6 is 0 Å².